The highest BCUT2D eigenvalue weighted by Crippen LogP contribution is 2.28. The van der Waals surface area contributed by atoms with Crippen molar-refractivity contribution in [2.24, 2.45) is 11.1 Å². The Kier molecular flexibility index (Phi) is 12.3. The molecule has 1 aliphatic heterocycles. The zero-order valence-electron chi connectivity index (χ0n) is 27.0. The highest BCUT2D eigenvalue weighted by atomic mass is 32.1. The molecule has 0 radical (unpaired) electrons. The van der Waals surface area contributed by atoms with E-state index in [0.29, 0.717) is 32.1 Å². The van der Waals surface area contributed by atoms with Crippen molar-refractivity contribution in [3.05, 3.63) is 70.9 Å². The molecule has 46 heavy (non-hydrogen) atoms. The molecule has 1 fully saturated rings. The molecule has 2 aromatic carbocycles. The molecule has 1 saturated heterocycles. The number of hydrogen-bond acceptors (Lipinski definition) is 9. The van der Waals surface area contributed by atoms with Gasteiger partial charge in [0, 0.05) is 26.1 Å². The normalized spacial score (nSPS) is 17.0. The van der Waals surface area contributed by atoms with E-state index in [1.807, 2.05) is 57.5 Å². The number of aryl methyl sites for hydroxylation is 1. The van der Waals surface area contributed by atoms with Crippen LogP contribution in [0, 0.1) is 12.3 Å². The molecule has 1 aromatic heterocycles. The van der Waals surface area contributed by atoms with Crippen LogP contribution in [-0.4, -0.2) is 83.8 Å². The van der Waals surface area contributed by atoms with Gasteiger partial charge in [-0.25, -0.2) is 4.98 Å². The van der Waals surface area contributed by atoms with Crippen molar-refractivity contribution >= 4 is 29.1 Å². The summed E-state index contributed by atoms with van der Waals surface area (Å²) in [5.41, 5.74) is 10.3. The van der Waals surface area contributed by atoms with E-state index in [1.54, 1.807) is 35.6 Å². The van der Waals surface area contributed by atoms with Crippen LogP contribution in [0.1, 0.15) is 44.0 Å². The highest BCUT2D eigenvalue weighted by Gasteiger charge is 2.44. The standard InChI is InChI=1S/C34H45N5O6S/c1-22-30(46-21-37-22)25-9-5-24(6-10-25)19-36-32(42)28-18-26(40)20-39(28)33(43)31(34(2,3)4)38-29(41)17-23-7-11-27(12-8-23)45-16-15-44-14-13-35/h5-12,21,26,28,31,40H,13-20,35H2,1-4H3,(H,36,42)(H,38,41)/t26?,28?,31-/m1/s1. The topological polar surface area (TPSA) is 156 Å². The fourth-order valence-corrected chi connectivity index (χ4v) is 6.10. The minimum atomic E-state index is -0.903. The van der Waals surface area contributed by atoms with Gasteiger partial charge in [0.15, 0.2) is 0 Å². The number of nitrogens with zero attached hydrogens (tertiary/aromatic N) is 2. The van der Waals surface area contributed by atoms with Gasteiger partial charge in [-0.15, -0.1) is 11.3 Å². The molecule has 3 amide bonds. The lowest BCUT2D eigenvalue weighted by molar-refractivity contribution is -0.144. The van der Waals surface area contributed by atoms with Gasteiger partial charge in [-0.3, -0.25) is 14.4 Å². The maximum atomic E-state index is 13.9. The van der Waals surface area contributed by atoms with Crippen LogP contribution in [0.3, 0.4) is 0 Å². The average Bonchev–Trinajstić information content (AvgIpc) is 3.64. The number of aliphatic hydroxyl groups is 1. The number of amides is 3. The summed E-state index contributed by atoms with van der Waals surface area (Å²) in [6.07, 6.45) is -0.654. The fourth-order valence-electron chi connectivity index (χ4n) is 5.29. The molecular weight excluding hydrogens is 606 g/mol. The number of hydrogen-bond donors (Lipinski definition) is 4. The summed E-state index contributed by atoms with van der Waals surface area (Å²) in [7, 11) is 0. The van der Waals surface area contributed by atoms with E-state index in [4.69, 9.17) is 15.2 Å². The minimum absolute atomic E-state index is 0.0149. The van der Waals surface area contributed by atoms with Crippen LogP contribution in [0.2, 0.25) is 0 Å². The summed E-state index contributed by atoms with van der Waals surface area (Å²) in [6, 6.07) is 13.3. The van der Waals surface area contributed by atoms with Gasteiger partial charge in [0.05, 0.1) is 41.8 Å². The van der Waals surface area contributed by atoms with Crippen LogP contribution in [0.15, 0.2) is 54.0 Å². The van der Waals surface area contributed by atoms with E-state index in [2.05, 4.69) is 15.6 Å². The Bertz CT molecular complexity index is 1450. The van der Waals surface area contributed by atoms with Crippen LogP contribution in [0.25, 0.3) is 10.4 Å². The second-order valence-corrected chi connectivity index (χ2v) is 13.4. The van der Waals surface area contributed by atoms with Crippen molar-refractivity contribution in [1.29, 1.82) is 0 Å². The predicted octanol–water partition coefficient (Wildman–Crippen LogP) is 2.82. The van der Waals surface area contributed by atoms with Gasteiger partial charge < -0.3 is 35.8 Å². The number of benzene rings is 2. The molecule has 0 spiro atoms. The third-order valence-corrected chi connectivity index (χ3v) is 8.74. The Hall–Kier alpha value is -3.84. The van der Waals surface area contributed by atoms with E-state index < -0.39 is 29.5 Å². The zero-order valence-corrected chi connectivity index (χ0v) is 27.8. The Balaban J connectivity index is 1.34. The molecule has 11 nitrogen and oxygen atoms in total. The Morgan fingerprint density at radius 3 is 2.39 bits per heavy atom. The highest BCUT2D eigenvalue weighted by molar-refractivity contribution is 7.13. The summed E-state index contributed by atoms with van der Waals surface area (Å²) in [6.45, 7) is 9.60. The number of carbonyl (C=O) groups is 3. The van der Waals surface area contributed by atoms with Gasteiger partial charge in [0.2, 0.25) is 17.7 Å². The molecule has 2 heterocycles. The first-order chi connectivity index (χ1) is 22.0. The average molecular weight is 652 g/mol. The van der Waals surface area contributed by atoms with Gasteiger partial charge in [0.25, 0.3) is 0 Å². The zero-order chi connectivity index (χ0) is 33.3. The Morgan fingerprint density at radius 1 is 1.07 bits per heavy atom. The van der Waals surface area contributed by atoms with E-state index in [1.165, 1.54) is 4.90 Å². The van der Waals surface area contributed by atoms with Crippen LogP contribution < -0.4 is 21.1 Å². The SMILES string of the molecule is Cc1ncsc1-c1ccc(CNC(=O)C2CC(O)CN2C(=O)[C@@H](NC(=O)Cc2ccc(OCCOCCN)cc2)C(C)(C)C)cc1. The maximum absolute atomic E-state index is 13.9. The number of thiazole rings is 1. The first-order valence-electron chi connectivity index (χ1n) is 15.5. The molecule has 3 aromatic rings. The molecule has 1 aliphatic rings. The number of rotatable bonds is 14. The van der Waals surface area contributed by atoms with Gasteiger partial charge in [-0.2, -0.15) is 0 Å². The summed E-state index contributed by atoms with van der Waals surface area (Å²) in [5.74, 6) is -0.417. The number of aromatic nitrogens is 1. The summed E-state index contributed by atoms with van der Waals surface area (Å²) in [5, 5.41) is 16.3. The van der Waals surface area contributed by atoms with Crippen molar-refractivity contribution < 1.29 is 29.0 Å². The van der Waals surface area contributed by atoms with Crippen molar-refractivity contribution in [1.82, 2.24) is 20.5 Å². The molecule has 248 valence electrons. The van der Waals surface area contributed by atoms with Crippen molar-refractivity contribution in [2.75, 3.05) is 32.9 Å². The van der Waals surface area contributed by atoms with Crippen LogP contribution in [-0.2, 0) is 32.1 Å². The molecule has 0 saturated carbocycles. The van der Waals surface area contributed by atoms with Gasteiger partial charge in [-0.1, -0.05) is 57.2 Å². The van der Waals surface area contributed by atoms with Gasteiger partial charge >= 0.3 is 0 Å². The second-order valence-electron chi connectivity index (χ2n) is 12.5. The van der Waals surface area contributed by atoms with E-state index in [0.717, 1.165) is 27.3 Å². The van der Waals surface area contributed by atoms with E-state index in [-0.39, 0.29) is 37.7 Å². The molecule has 0 aliphatic carbocycles. The van der Waals surface area contributed by atoms with Crippen LogP contribution in [0.5, 0.6) is 5.75 Å². The Morgan fingerprint density at radius 2 is 1.76 bits per heavy atom. The molecule has 5 N–H and O–H groups in total. The first kappa shape index (κ1) is 35.0. The molecular formula is C34H45N5O6S. The number of nitrogens with one attached hydrogen (secondary N) is 2. The third-order valence-electron chi connectivity index (χ3n) is 7.76. The molecule has 4 rings (SSSR count). The number of carbonyl (C=O) groups excluding carboxylic acids is 3. The van der Waals surface area contributed by atoms with Crippen LogP contribution >= 0.6 is 11.3 Å². The fraction of sp³-hybridized carbons (Fsp3) is 0.471. The third kappa shape index (κ3) is 9.58. The molecule has 0 bridgehead atoms. The first-order valence-corrected chi connectivity index (χ1v) is 16.4. The maximum Gasteiger partial charge on any atom is 0.246 e. The summed E-state index contributed by atoms with van der Waals surface area (Å²) >= 11 is 1.58. The van der Waals surface area contributed by atoms with Gasteiger partial charge in [-0.05, 0) is 41.2 Å². The smallest absolute Gasteiger partial charge is 0.246 e. The number of aliphatic hydroxyl groups excluding tert-OH is 1. The second kappa shape index (κ2) is 16.1. The molecule has 2 unspecified atom stereocenters. The minimum Gasteiger partial charge on any atom is -0.491 e. The number of ether oxygens (including phenoxy) is 2. The lowest BCUT2D eigenvalue weighted by Gasteiger charge is -2.35. The number of likely N-dealkylation sites (tertiary alicyclic amines) is 1. The molecule has 3 atom stereocenters. The summed E-state index contributed by atoms with van der Waals surface area (Å²) in [4.78, 5) is 47.1. The number of nitrogens with two attached hydrogens (primary N) is 1. The Labute approximate surface area is 274 Å². The van der Waals surface area contributed by atoms with E-state index >= 15 is 0 Å². The summed E-state index contributed by atoms with van der Waals surface area (Å²) < 4.78 is 10.9. The number of β-amino-alcohol motifs (C(OH)–C–C–N with tert-alkyl or cyclic N) is 1. The van der Waals surface area contributed by atoms with Crippen LogP contribution in [0.4, 0.5) is 0 Å². The monoisotopic (exact) mass is 651 g/mol. The van der Waals surface area contributed by atoms with E-state index in [9.17, 15) is 19.5 Å². The molecule has 12 heteroatoms. The lowest BCUT2D eigenvalue weighted by Crippen LogP contribution is -2.58. The van der Waals surface area contributed by atoms with Crippen molar-refractivity contribution in [3.8, 4) is 16.2 Å². The lowest BCUT2D eigenvalue weighted by atomic mass is 9.85. The quantitative estimate of drug-likeness (QED) is 0.194. The largest absolute Gasteiger partial charge is 0.491 e. The van der Waals surface area contributed by atoms with Gasteiger partial charge in [0.1, 0.15) is 24.4 Å². The predicted molar refractivity (Wildman–Crippen MR) is 177 cm³/mol. The van der Waals surface area contributed by atoms with Crippen molar-refractivity contribution in [2.45, 2.75) is 65.3 Å². The van der Waals surface area contributed by atoms with Crippen molar-refractivity contribution in [3.63, 3.8) is 0 Å².